The lowest BCUT2D eigenvalue weighted by Gasteiger charge is -2.34. The number of thiazole rings is 1. The van der Waals surface area contributed by atoms with Crippen LogP contribution in [0.5, 0.6) is 0 Å². The van der Waals surface area contributed by atoms with Crippen molar-refractivity contribution < 1.29 is 28.6 Å². The molecule has 1 N–H and O–H groups in total. The van der Waals surface area contributed by atoms with Gasteiger partial charge < -0.3 is 24.4 Å². The number of hydrogen-bond donors (Lipinski definition) is 1. The fourth-order valence-corrected chi connectivity index (χ4v) is 5.62. The largest absolute Gasteiger partial charge is 0.461 e. The predicted molar refractivity (Wildman–Crippen MR) is 175 cm³/mol. The van der Waals surface area contributed by atoms with Gasteiger partial charge in [0, 0.05) is 37.5 Å². The van der Waals surface area contributed by atoms with E-state index in [1.165, 1.54) is 17.4 Å². The third kappa shape index (κ3) is 12.4. The highest BCUT2D eigenvalue weighted by Crippen LogP contribution is 2.31. The summed E-state index contributed by atoms with van der Waals surface area (Å²) in [6.07, 6.45) is 3.02. The van der Waals surface area contributed by atoms with Gasteiger partial charge in [0.1, 0.15) is 29.0 Å². The summed E-state index contributed by atoms with van der Waals surface area (Å²) in [5, 5.41) is 5.51. The van der Waals surface area contributed by atoms with E-state index in [2.05, 4.69) is 25.7 Å². The molecule has 1 aromatic heterocycles. The highest BCUT2D eigenvalue weighted by atomic mass is 32.1. The number of amides is 2. The SMILES string of the molecule is C=CCOC(=O)[C@@H](C)C[C@H](Cc1ccccc1)NC(=O)c1csc([C@@H](C[C@H](C(C)C)N(C)C(=O)OC(C)(C)C)OCCC)n1. The summed E-state index contributed by atoms with van der Waals surface area (Å²) < 4.78 is 17.1. The summed E-state index contributed by atoms with van der Waals surface area (Å²) >= 11 is 1.36. The summed E-state index contributed by atoms with van der Waals surface area (Å²) in [6, 6.07) is 9.33. The third-order valence-electron chi connectivity index (χ3n) is 7.00. The first-order valence-corrected chi connectivity index (χ1v) is 16.3. The summed E-state index contributed by atoms with van der Waals surface area (Å²) in [7, 11) is 1.75. The Kier molecular flexibility index (Phi) is 15.0. The highest BCUT2D eigenvalue weighted by molar-refractivity contribution is 7.09. The van der Waals surface area contributed by atoms with Crippen LogP contribution in [0, 0.1) is 11.8 Å². The second kappa shape index (κ2) is 17.9. The molecule has 44 heavy (non-hydrogen) atoms. The Bertz CT molecular complexity index is 1190. The summed E-state index contributed by atoms with van der Waals surface area (Å²) in [6.45, 7) is 17.7. The van der Waals surface area contributed by atoms with Crippen LogP contribution in [0.15, 0.2) is 48.4 Å². The van der Waals surface area contributed by atoms with Crippen LogP contribution >= 0.6 is 11.3 Å². The first-order chi connectivity index (χ1) is 20.7. The number of ether oxygens (including phenoxy) is 3. The molecule has 10 heteroatoms. The second-order valence-electron chi connectivity index (χ2n) is 12.5. The molecule has 0 bridgehead atoms. The van der Waals surface area contributed by atoms with E-state index >= 15 is 0 Å². The fourth-order valence-electron chi connectivity index (χ4n) is 4.76. The molecule has 0 saturated carbocycles. The molecule has 0 unspecified atom stereocenters. The number of carbonyl (C=O) groups excluding carboxylic acids is 3. The van der Waals surface area contributed by atoms with Crippen LogP contribution in [0.2, 0.25) is 0 Å². The first kappa shape index (κ1) is 36.9. The van der Waals surface area contributed by atoms with E-state index in [-0.39, 0.29) is 42.2 Å². The average molecular weight is 630 g/mol. The van der Waals surface area contributed by atoms with Gasteiger partial charge in [0.15, 0.2) is 0 Å². The van der Waals surface area contributed by atoms with Gasteiger partial charge in [0.25, 0.3) is 5.91 Å². The molecule has 4 atom stereocenters. The molecule has 0 radical (unpaired) electrons. The van der Waals surface area contributed by atoms with Crippen LogP contribution in [-0.2, 0) is 25.4 Å². The van der Waals surface area contributed by atoms with Crippen molar-refractivity contribution in [1.29, 1.82) is 0 Å². The molecule has 2 rings (SSSR count). The number of nitrogens with zero attached hydrogens (tertiary/aromatic N) is 2. The molecule has 1 heterocycles. The molecule has 0 aliphatic rings. The lowest BCUT2D eigenvalue weighted by molar-refractivity contribution is -0.147. The quantitative estimate of drug-likeness (QED) is 0.148. The van der Waals surface area contributed by atoms with Gasteiger partial charge in [-0.1, -0.05) is 70.7 Å². The van der Waals surface area contributed by atoms with E-state index < -0.39 is 23.7 Å². The van der Waals surface area contributed by atoms with Crippen LogP contribution in [-0.4, -0.2) is 65.8 Å². The van der Waals surface area contributed by atoms with E-state index in [1.807, 2.05) is 58.0 Å². The smallest absolute Gasteiger partial charge is 0.410 e. The maximum absolute atomic E-state index is 13.5. The molecule has 244 valence electrons. The number of aromatic nitrogens is 1. The molecule has 2 amide bonds. The van der Waals surface area contributed by atoms with E-state index in [1.54, 1.807) is 24.3 Å². The first-order valence-electron chi connectivity index (χ1n) is 15.4. The maximum atomic E-state index is 13.5. The number of esters is 1. The molecule has 0 fully saturated rings. The van der Waals surface area contributed by atoms with Gasteiger partial charge in [0.05, 0.1) is 5.92 Å². The molecule has 2 aromatic rings. The van der Waals surface area contributed by atoms with Crippen LogP contribution < -0.4 is 5.32 Å². The van der Waals surface area contributed by atoms with E-state index in [0.29, 0.717) is 30.9 Å². The predicted octanol–water partition coefficient (Wildman–Crippen LogP) is 6.99. The summed E-state index contributed by atoms with van der Waals surface area (Å²) in [4.78, 5) is 45.2. The lowest BCUT2D eigenvalue weighted by atomic mass is 9.96. The van der Waals surface area contributed by atoms with E-state index in [4.69, 9.17) is 19.2 Å². The van der Waals surface area contributed by atoms with Crippen molar-refractivity contribution in [3.8, 4) is 0 Å². The zero-order chi connectivity index (χ0) is 32.9. The number of nitrogens with one attached hydrogen (secondary N) is 1. The summed E-state index contributed by atoms with van der Waals surface area (Å²) in [5.74, 6) is -0.945. The average Bonchev–Trinajstić information content (AvgIpc) is 3.45. The zero-order valence-corrected chi connectivity index (χ0v) is 28.4. The molecule has 0 saturated heterocycles. The standard InChI is InChI=1S/C34H51N3O6S/c1-10-17-41-29(21-28(23(3)4)37(9)33(40)43-34(6,7)8)31-36-27(22-44-31)30(38)35-26(20-25-15-13-12-14-16-25)19-24(5)32(39)42-18-11-2/h11-16,22-24,26,28-29H,2,10,17-21H2,1,3-9H3,(H,35,38)/t24-,26+,28+,29+/m0/s1. The van der Waals surface area contributed by atoms with E-state index in [0.717, 1.165) is 12.0 Å². The van der Waals surface area contributed by atoms with Crippen molar-refractivity contribution in [3.05, 3.63) is 64.6 Å². The van der Waals surface area contributed by atoms with Gasteiger partial charge in [-0.05, 0) is 51.5 Å². The van der Waals surface area contributed by atoms with Crippen molar-refractivity contribution in [3.63, 3.8) is 0 Å². The topological polar surface area (TPSA) is 107 Å². The summed E-state index contributed by atoms with van der Waals surface area (Å²) in [5.41, 5.74) is 0.729. The number of rotatable bonds is 17. The number of hydrogen-bond acceptors (Lipinski definition) is 8. The molecule has 9 nitrogen and oxygen atoms in total. The molecular formula is C34H51N3O6S. The minimum Gasteiger partial charge on any atom is -0.461 e. The van der Waals surface area contributed by atoms with Crippen molar-refractivity contribution in [2.75, 3.05) is 20.3 Å². The lowest BCUT2D eigenvalue weighted by Crippen LogP contribution is -2.44. The van der Waals surface area contributed by atoms with Gasteiger partial charge in [0.2, 0.25) is 0 Å². The van der Waals surface area contributed by atoms with Crippen molar-refractivity contribution >= 4 is 29.3 Å². The zero-order valence-electron chi connectivity index (χ0n) is 27.6. The van der Waals surface area contributed by atoms with Crippen LogP contribution in [0.3, 0.4) is 0 Å². The van der Waals surface area contributed by atoms with Gasteiger partial charge >= 0.3 is 12.1 Å². The monoisotopic (exact) mass is 629 g/mol. The van der Waals surface area contributed by atoms with Gasteiger partial charge in [-0.2, -0.15) is 0 Å². The maximum Gasteiger partial charge on any atom is 0.410 e. The molecule has 0 aliphatic carbocycles. The Morgan fingerprint density at radius 1 is 1.11 bits per heavy atom. The Labute approximate surface area is 267 Å². The van der Waals surface area contributed by atoms with Gasteiger partial charge in [-0.3, -0.25) is 9.59 Å². The minimum absolute atomic E-state index is 0.127. The Morgan fingerprint density at radius 2 is 1.80 bits per heavy atom. The van der Waals surface area contributed by atoms with Crippen molar-refractivity contribution in [2.45, 2.75) is 97.9 Å². The minimum atomic E-state index is -0.607. The van der Waals surface area contributed by atoms with Gasteiger partial charge in [-0.25, -0.2) is 9.78 Å². The third-order valence-corrected chi connectivity index (χ3v) is 7.94. The van der Waals surface area contributed by atoms with E-state index in [9.17, 15) is 14.4 Å². The van der Waals surface area contributed by atoms with Crippen LogP contribution in [0.1, 0.15) is 94.9 Å². The Balaban J connectivity index is 2.24. The number of carbonyl (C=O) groups is 3. The Morgan fingerprint density at radius 3 is 2.39 bits per heavy atom. The molecule has 0 spiro atoms. The normalized spacial score (nSPS) is 14.3. The van der Waals surface area contributed by atoms with Crippen molar-refractivity contribution in [2.24, 2.45) is 11.8 Å². The molecular weight excluding hydrogens is 578 g/mol. The second-order valence-corrected chi connectivity index (χ2v) is 13.4. The van der Waals surface area contributed by atoms with Crippen LogP contribution in [0.4, 0.5) is 4.79 Å². The van der Waals surface area contributed by atoms with Crippen molar-refractivity contribution in [1.82, 2.24) is 15.2 Å². The van der Waals surface area contributed by atoms with Gasteiger partial charge in [-0.15, -0.1) is 11.3 Å². The highest BCUT2D eigenvalue weighted by Gasteiger charge is 2.32. The Hall–Kier alpha value is -3.24. The number of benzene rings is 1. The molecule has 0 aliphatic heterocycles. The molecule has 1 aromatic carbocycles. The van der Waals surface area contributed by atoms with Crippen LogP contribution in [0.25, 0.3) is 0 Å². The fraction of sp³-hybridized carbons (Fsp3) is 0.588.